The van der Waals surface area contributed by atoms with Gasteiger partial charge in [-0.05, 0) is 6.92 Å². The molecule has 0 saturated heterocycles. The van der Waals surface area contributed by atoms with Crippen molar-refractivity contribution < 1.29 is 22.3 Å². The van der Waals surface area contributed by atoms with Crippen LogP contribution in [-0.2, 0) is 4.74 Å². The molecule has 0 fully saturated rings. The van der Waals surface area contributed by atoms with E-state index in [1.807, 2.05) is 0 Å². The Morgan fingerprint density at radius 1 is 1.27 bits per heavy atom. The molecule has 0 spiro atoms. The van der Waals surface area contributed by atoms with Gasteiger partial charge in [-0.3, -0.25) is 0 Å². The fourth-order valence-electron chi connectivity index (χ4n) is 0.598. The summed E-state index contributed by atoms with van der Waals surface area (Å²) >= 11 is 0. The smallest absolute Gasteiger partial charge is 0.272 e. The lowest BCUT2D eigenvalue weighted by molar-refractivity contribution is -0.0698. The highest BCUT2D eigenvalue weighted by molar-refractivity contribution is 4.70. The number of alkyl halides is 4. The Morgan fingerprint density at radius 3 is 2.09 bits per heavy atom. The maximum absolute atomic E-state index is 12.3. The molecule has 2 atom stereocenters. The monoisotopic (exact) mass is 174 g/mol. The van der Waals surface area contributed by atoms with E-state index in [1.54, 1.807) is 0 Å². The molecule has 1 nitrogen and oxygen atoms in total. The molecule has 0 aliphatic carbocycles. The van der Waals surface area contributed by atoms with Crippen molar-refractivity contribution in [3.8, 4) is 0 Å². The zero-order valence-electron chi connectivity index (χ0n) is 6.07. The number of halogens is 4. The number of hydrogen-bond acceptors (Lipinski definition) is 1. The first-order valence-electron chi connectivity index (χ1n) is 3.23. The van der Waals surface area contributed by atoms with Crippen molar-refractivity contribution in [3.05, 3.63) is 0 Å². The average Bonchev–Trinajstić information content (AvgIpc) is 1.98. The first-order valence-corrected chi connectivity index (χ1v) is 3.23. The van der Waals surface area contributed by atoms with E-state index in [1.165, 1.54) is 6.92 Å². The van der Waals surface area contributed by atoms with Crippen LogP contribution in [0.15, 0.2) is 0 Å². The first-order chi connectivity index (χ1) is 5.13. The molecule has 2 unspecified atom stereocenters. The lowest BCUT2D eigenvalue weighted by Gasteiger charge is -2.16. The Kier molecular flexibility index (Phi) is 5.19. The molecule has 0 aliphatic rings. The van der Waals surface area contributed by atoms with Crippen LogP contribution < -0.4 is 0 Å². The van der Waals surface area contributed by atoms with Gasteiger partial charge in [-0.15, -0.1) is 0 Å². The van der Waals surface area contributed by atoms with E-state index in [-0.39, 0.29) is 6.61 Å². The standard InChI is InChI=1S/C6H10F4O/c1-2-11-4(3-7)5(8)6(9)10/h4-6H,2-3H2,1H3. The van der Waals surface area contributed by atoms with Gasteiger partial charge in [0.15, 0.2) is 6.17 Å². The van der Waals surface area contributed by atoms with Crippen molar-refractivity contribution in [1.82, 2.24) is 0 Å². The third kappa shape index (κ3) is 3.55. The average molecular weight is 174 g/mol. The van der Waals surface area contributed by atoms with E-state index >= 15 is 0 Å². The van der Waals surface area contributed by atoms with Crippen molar-refractivity contribution in [3.63, 3.8) is 0 Å². The van der Waals surface area contributed by atoms with E-state index in [4.69, 9.17) is 0 Å². The van der Waals surface area contributed by atoms with Crippen molar-refractivity contribution in [2.45, 2.75) is 25.6 Å². The summed E-state index contributed by atoms with van der Waals surface area (Å²) in [6, 6.07) is 0. The van der Waals surface area contributed by atoms with Gasteiger partial charge in [-0.2, -0.15) is 0 Å². The molecule has 0 radical (unpaired) electrons. The normalized spacial score (nSPS) is 16.9. The van der Waals surface area contributed by atoms with Crippen LogP contribution in [0.4, 0.5) is 17.6 Å². The highest BCUT2D eigenvalue weighted by Gasteiger charge is 2.29. The lowest BCUT2D eigenvalue weighted by Crippen LogP contribution is -2.33. The SMILES string of the molecule is CCOC(CF)C(F)C(F)F. The summed E-state index contributed by atoms with van der Waals surface area (Å²) in [5, 5.41) is 0. The minimum atomic E-state index is -3.18. The second-order valence-corrected chi connectivity index (χ2v) is 1.93. The first kappa shape index (κ1) is 10.7. The Balaban J connectivity index is 3.81. The summed E-state index contributed by atoms with van der Waals surface area (Å²) in [4.78, 5) is 0. The Hall–Kier alpha value is -0.320. The van der Waals surface area contributed by atoms with Gasteiger partial charge in [-0.1, -0.05) is 0 Å². The van der Waals surface area contributed by atoms with Crippen molar-refractivity contribution >= 4 is 0 Å². The van der Waals surface area contributed by atoms with Crippen LogP contribution in [0.3, 0.4) is 0 Å². The molecule has 0 rings (SSSR count). The van der Waals surface area contributed by atoms with Crippen LogP contribution in [0, 0.1) is 0 Å². The Bertz CT molecular complexity index is 98.6. The van der Waals surface area contributed by atoms with Gasteiger partial charge in [0.25, 0.3) is 6.43 Å². The highest BCUT2D eigenvalue weighted by Crippen LogP contribution is 2.13. The Labute approximate surface area is 62.3 Å². The summed E-state index contributed by atoms with van der Waals surface area (Å²) < 4.78 is 51.5. The second-order valence-electron chi connectivity index (χ2n) is 1.93. The third-order valence-electron chi connectivity index (χ3n) is 1.13. The van der Waals surface area contributed by atoms with Crippen LogP contribution >= 0.6 is 0 Å². The van der Waals surface area contributed by atoms with E-state index in [0.717, 1.165) is 0 Å². The maximum Gasteiger partial charge on any atom is 0.272 e. The largest absolute Gasteiger partial charge is 0.373 e. The van der Waals surface area contributed by atoms with Gasteiger partial charge in [0.1, 0.15) is 12.8 Å². The van der Waals surface area contributed by atoms with Gasteiger partial charge in [0.2, 0.25) is 0 Å². The molecule has 5 heteroatoms. The van der Waals surface area contributed by atoms with Crippen LogP contribution in [0.1, 0.15) is 6.92 Å². The molecule has 0 bridgehead atoms. The Morgan fingerprint density at radius 2 is 1.82 bits per heavy atom. The fourth-order valence-corrected chi connectivity index (χ4v) is 0.598. The predicted octanol–water partition coefficient (Wildman–Crippen LogP) is 1.96. The number of hydrogen-bond donors (Lipinski definition) is 0. The molecule has 0 aliphatic heterocycles. The summed E-state index contributed by atoms with van der Waals surface area (Å²) in [5.74, 6) is 0. The number of ether oxygens (including phenoxy) is 1. The van der Waals surface area contributed by atoms with Crippen LogP contribution in [0.5, 0.6) is 0 Å². The van der Waals surface area contributed by atoms with Crippen LogP contribution in [-0.4, -0.2) is 32.0 Å². The topological polar surface area (TPSA) is 9.23 Å². The van der Waals surface area contributed by atoms with Gasteiger partial charge >= 0.3 is 0 Å². The van der Waals surface area contributed by atoms with Crippen molar-refractivity contribution in [2.75, 3.05) is 13.3 Å². The molecular weight excluding hydrogens is 164 g/mol. The molecule has 0 heterocycles. The molecule has 0 aromatic carbocycles. The van der Waals surface area contributed by atoms with Crippen molar-refractivity contribution in [2.24, 2.45) is 0 Å². The summed E-state index contributed by atoms with van der Waals surface area (Å²) in [6.45, 7) is 0.294. The molecule has 68 valence electrons. The van der Waals surface area contributed by atoms with Crippen LogP contribution in [0.25, 0.3) is 0 Å². The summed E-state index contributed by atoms with van der Waals surface area (Å²) in [7, 11) is 0. The van der Waals surface area contributed by atoms with Crippen LogP contribution in [0.2, 0.25) is 0 Å². The van der Waals surface area contributed by atoms with E-state index in [9.17, 15) is 17.6 Å². The minimum absolute atomic E-state index is 0.0295. The second kappa shape index (κ2) is 5.35. The quantitative estimate of drug-likeness (QED) is 0.579. The summed E-state index contributed by atoms with van der Waals surface area (Å²) in [5.41, 5.74) is 0. The molecule has 0 aromatic rings. The molecular formula is C6H10F4O. The summed E-state index contributed by atoms with van der Waals surface area (Å²) in [6.07, 6.45) is -7.33. The molecule has 0 saturated carbocycles. The van der Waals surface area contributed by atoms with Gasteiger partial charge < -0.3 is 4.74 Å². The van der Waals surface area contributed by atoms with Gasteiger partial charge in [0.05, 0.1) is 0 Å². The lowest BCUT2D eigenvalue weighted by atomic mass is 10.2. The fraction of sp³-hybridized carbons (Fsp3) is 1.00. The predicted molar refractivity (Wildman–Crippen MR) is 32.3 cm³/mol. The highest BCUT2D eigenvalue weighted by atomic mass is 19.3. The number of rotatable bonds is 5. The van der Waals surface area contributed by atoms with Crippen molar-refractivity contribution in [1.29, 1.82) is 0 Å². The van der Waals surface area contributed by atoms with Gasteiger partial charge in [0, 0.05) is 6.61 Å². The third-order valence-corrected chi connectivity index (χ3v) is 1.13. The molecule has 0 amide bonds. The molecule has 0 N–H and O–H groups in total. The van der Waals surface area contributed by atoms with Gasteiger partial charge in [-0.25, -0.2) is 17.6 Å². The molecule has 0 aromatic heterocycles. The van der Waals surface area contributed by atoms with E-state index in [0.29, 0.717) is 0 Å². The van der Waals surface area contributed by atoms with E-state index < -0.39 is 25.4 Å². The minimum Gasteiger partial charge on any atom is -0.373 e. The zero-order chi connectivity index (χ0) is 8.85. The molecule has 11 heavy (non-hydrogen) atoms. The van der Waals surface area contributed by atoms with E-state index in [2.05, 4.69) is 4.74 Å². The maximum atomic E-state index is 12.3. The zero-order valence-corrected chi connectivity index (χ0v) is 6.07.